The minimum Gasteiger partial charge on any atom is -0.357 e. The number of guanidine groups is 1. The van der Waals surface area contributed by atoms with E-state index in [4.69, 9.17) is 0 Å². The van der Waals surface area contributed by atoms with Gasteiger partial charge in [0.05, 0.1) is 12.2 Å². The molecule has 2 aromatic rings. The van der Waals surface area contributed by atoms with E-state index in [1.165, 1.54) is 16.1 Å². The molecule has 0 saturated carbocycles. The van der Waals surface area contributed by atoms with E-state index in [9.17, 15) is 0 Å². The van der Waals surface area contributed by atoms with Crippen LogP contribution >= 0.6 is 11.3 Å². The monoisotopic (exact) mass is 348 g/mol. The average molecular weight is 349 g/mol. The summed E-state index contributed by atoms with van der Waals surface area (Å²) in [6.07, 6.45) is 2.82. The first-order valence-electron chi connectivity index (χ1n) is 8.36. The molecule has 2 aromatic heterocycles. The quantitative estimate of drug-likeness (QED) is 0.622. The zero-order valence-corrected chi connectivity index (χ0v) is 16.3. The van der Waals surface area contributed by atoms with Gasteiger partial charge in [0.1, 0.15) is 5.01 Å². The van der Waals surface area contributed by atoms with Gasteiger partial charge in [0.15, 0.2) is 5.96 Å². The Bertz CT molecular complexity index is 700. The molecular formula is C17H28N6S. The Morgan fingerprint density at radius 3 is 2.67 bits per heavy atom. The number of nitrogens with zero attached hydrogens (tertiary/aromatic N) is 4. The van der Waals surface area contributed by atoms with Crippen molar-refractivity contribution in [3.05, 3.63) is 33.0 Å². The number of hydrogen-bond acceptors (Lipinski definition) is 4. The third-order valence-electron chi connectivity index (χ3n) is 3.94. The number of aliphatic imine (C=N–C) groups is 1. The van der Waals surface area contributed by atoms with Crippen LogP contribution in [-0.4, -0.2) is 33.3 Å². The second-order valence-corrected chi connectivity index (χ2v) is 7.40. The summed E-state index contributed by atoms with van der Waals surface area (Å²) in [4.78, 5) is 10.2. The lowest BCUT2D eigenvalue weighted by Crippen LogP contribution is -2.43. The Morgan fingerprint density at radius 2 is 2.12 bits per heavy atom. The van der Waals surface area contributed by atoms with Gasteiger partial charge >= 0.3 is 0 Å². The molecule has 0 amide bonds. The van der Waals surface area contributed by atoms with E-state index in [2.05, 4.69) is 60.3 Å². The van der Waals surface area contributed by atoms with Gasteiger partial charge in [-0.25, -0.2) is 9.98 Å². The summed E-state index contributed by atoms with van der Waals surface area (Å²) in [6, 6.07) is 0.266. The van der Waals surface area contributed by atoms with Crippen molar-refractivity contribution in [2.45, 2.75) is 53.6 Å². The van der Waals surface area contributed by atoms with Crippen LogP contribution in [0.15, 0.2) is 11.2 Å². The summed E-state index contributed by atoms with van der Waals surface area (Å²) in [6.45, 7) is 11.9. The maximum Gasteiger partial charge on any atom is 0.191 e. The number of rotatable bonds is 6. The molecule has 6 nitrogen and oxygen atoms in total. The predicted octanol–water partition coefficient (Wildman–Crippen LogP) is 2.49. The minimum atomic E-state index is 0.266. The normalized spacial score (nSPS) is 13.2. The summed E-state index contributed by atoms with van der Waals surface area (Å²) in [5.41, 5.74) is 3.63. The molecule has 0 radical (unpaired) electrons. The Labute approximate surface area is 148 Å². The summed E-state index contributed by atoms with van der Waals surface area (Å²) >= 11 is 1.69. The summed E-state index contributed by atoms with van der Waals surface area (Å²) in [5, 5.41) is 12.3. The molecule has 0 aromatic carbocycles. The fourth-order valence-corrected chi connectivity index (χ4v) is 3.36. The van der Waals surface area contributed by atoms with E-state index < -0.39 is 0 Å². The van der Waals surface area contributed by atoms with Gasteiger partial charge in [-0.2, -0.15) is 5.10 Å². The third-order valence-corrected chi connectivity index (χ3v) is 4.84. The Morgan fingerprint density at radius 1 is 1.38 bits per heavy atom. The van der Waals surface area contributed by atoms with Gasteiger partial charge in [-0.15, -0.1) is 11.3 Å². The van der Waals surface area contributed by atoms with Crippen molar-refractivity contribution in [2.24, 2.45) is 12.0 Å². The van der Waals surface area contributed by atoms with Crippen LogP contribution in [0.5, 0.6) is 0 Å². The Balaban J connectivity index is 2.00. The van der Waals surface area contributed by atoms with Crippen LogP contribution in [0.2, 0.25) is 0 Å². The van der Waals surface area contributed by atoms with Gasteiger partial charge < -0.3 is 10.6 Å². The third kappa shape index (κ3) is 4.80. The molecular weight excluding hydrogens is 320 g/mol. The second-order valence-electron chi connectivity index (χ2n) is 6.08. The summed E-state index contributed by atoms with van der Waals surface area (Å²) in [7, 11) is 1.99. The van der Waals surface area contributed by atoms with E-state index in [1.54, 1.807) is 11.3 Å². The van der Waals surface area contributed by atoms with Crippen molar-refractivity contribution in [3.8, 4) is 0 Å². The number of nitrogens with one attached hydrogen (secondary N) is 2. The highest BCUT2D eigenvalue weighted by molar-refractivity contribution is 7.11. The number of hydrogen-bond donors (Lipinski definition) is 2. The van der Waals surface area contributed by atoms with Crippen molar-refractivity contribution in [2.75, 3.05) is 6.54 Å². The van der Waals surface area contributed by atoms with Crippen molar-refractivity contribution in [1.29, 1.82) is 0 Å². The zero-order valence-electron chi connectivity index (χ0n) is 15.5. The molecule has 1 unspecified atom stereocenters. The van der Waals surface area contributed by atoms with E-state index >= 15 is 0 Å². The van der Waals surface area contributed by atoms with Gasteiger partial charge in [-0.3, -0.25) is 4.68 Å². The van der Waals surface area contributed by atoms with E-state index in [0.717, 1.165) is 29.6 Å². The lowest BCUT2D eigenvalue weighted by Gasteiger charge is -2.18. The van der Waals surface area contributed by atoms with Gasteiger partial charge in [0.25, 0.3) is 0 Å². The van der Waals surface area contributed by atoms with Crippen LogP contribution in [0.3, 0.4) is 0 Å². The van der Waals surface area contributed by atoms with Crippen LogP contribution in [0, 0.1) is 20.8 Å². The first-order chi connectivity index (χ1) is 11.4. The highest BCUT2D eigenvalue weighted by Crippen LogP contribution is 2.14. The lowest BCUT2D eigenvalue weighted by molar-refractivity contribution is 0.635. The molecule has 0 spiro atoms. The van der Waals surface area contributed by atoms with E-state index in [-0.39, 0.29) is 6.04 Å². The molecule has 0 saturated heterocycles. The summed E-state index contributed by atoms with van der Waals surface area (Å²) in [5.74, 6) is 0.831. The molecule has 0 aliphatic heterocycles. The first-order valence-corrected chi connectivity index (χ1v) is 9.17. The average Bonchev–Trinajstić information content (AvgIpc) is 3.04. The molecule has 2 heterocycles. The van der Waals surface area contributed by atoms with Crippen molar-refractivity contribution >= 4 is 17.3 Å². The van der Waals surface area contributed by atoms with Gasteiger partial charge in [-0.1, -0.05) is 0 Å². The number of aromatic nitrogens is 3. The highest BCUT2D eigenvalue weighted by Gasteiger charge is 2.14. The minimum absolute atomic E-state index is 0.266. The van der Waals surface area contributed by atoms with Crippen LogP contribution in [0.4, 0.5) is 0 Å². The highest BCUT2D eigenvalue weighted by atomic mass is 32.1. The number of thiazole rings is 1. The van der Waals surface area contributed by atoms with Crippen LogP contribution in [0.1, 0.15) is 40.7 Å². The van der Waals surface area contributed by atoms with Gasteiger partial charge in [0, 0.05) is 36.4 Å². The maximum absolute atomic E-state index is 4.65. The zero-order chi connectivity index (χ0) is 17.7. The molecule has 2 rings (SSSR count). The molecule has 2 N–H and O–H groups in total. The van der Waals surface area contributed by atoms with Gasteiger partial charge in [0.2, 0.25) is 0 Å². The Kier molecular flexibility index (Phi) is 6.36. The molecule has 24 heavy (non-hydrogen) atoms. The Hall–Kier alpha value is -1.89. The SMILES string of the molecule is CCNC(=NCc1ncc(C)s1)NC(C)Cc1c(C)nn(C)c1C. The first kappa shape index (κ1) is 18.4. The lowest BCUT2D eigenvalue weighted by atomic mass is 10.1. The van der Waals surface area contributed by atoms with Crippen molar-refractivity contribution < 1.29 is 0 Å². The van der Waals surface area contributed by atoms with E-state index in [0.29, 0.717) is 6.54 Å². The molecule has 0 fully saturated rings. The second kappa shape index (κ2) is 8.28. The smallest absolute Gasteiger partial charge is 0.191 e. The summed E-state index contributed by atoms with van der Waals surface area (Å²) < 4.78 is 1.95. The fourth-order valence-electron chi connectivity index (χ4n) is 2.64. The molecule has 0 aliphatic rings. The molecule has 1 atom stereocenters. The molecule has 0 aliphatic carbocycles. The molecule has 7 heteroatoms. The van der Waals surface area contributed by atoms with Crippen molar-refractivity contribution in [3.63, 3.8) is 0 Å². The molecule has 0 bridgehead atoms. The van der Waals surface area contributed by atoms with Crippen LogP contribution in [0.25, 0.3) is 0 Å². The van der Waals surface area contributed by atoms with Crippen molar-refractivity contribution in [1.82, 2.24) is 25.4 Å². The van der Waals surface area contributed by atoms with E-state index in [1.807, 2.05) is 17.9 Å². The van der Waals surface area contributed by atoms with Gasteiger partial charge in [-0.05, 0) is 46.6 Å². The topological polar surface area (TPSA) is 67.1 Å². The maximum atomic E-state index is 4.65. The largest absolute Gasteiger partial charge is 0.357 e. The standard InChI is InChI=1S/C17H28N6S/c1-7-18-17(20-10-16-19-9-12(3)24-16)21-11(2)8-15-13(4)22-23(6)14(15)5/h9,11H,7-8,10H2,1-6H3,(H2,18,20,21). The predicted molar refractivity (Wildman–Crippen MR) is 101 cm³/mol. The van der Waals surface area contributed by atoms with Crippen LogP contribution in [-0.2, 0) is 20.0 Å². The van der Waals surface area contributed by atoms with Crippen LogP contribution < -0.4 is 10.6 Å². The number of aryl methyl sites for hydroxylation is 3. The fraction of sp³-hybridized carbons (Fsp3) is 0.588. The molecule has 132 valence electrons.